The normalized spacial score (nSPS) is 14.0. The van der Waals surface area contributed by atoms with E-state index in [0.29, 0.717) is 0 Å². The highest BCUT2D eigenvalue weighted by Crippen LogP contribution is 2.29. The second-order valence-electron chi connectivity index (χ2n) is 3.45. The van der Waals surface area contributed by atoms with Crippen molar-refractivity contribution in [3.05, 3.63) is 17.6 Å². The van der Waals surface area contributed by atoms with Crippen molar-refractivity contribution in [2.45, 2.75) is 19.3 Å². The molecule has 1 aliphatic rings. The Balaban J connectivity index is 2.17. The van der Waals surface area contributed by atoms with Gasteiger partial charge >= 0.3 is 0 Å². The quantitative estimate of drug-likeness (QED) is 0.587. The average molecular weight is 430 g/mol. The standard InChI is InChI=1S/C9H12I2N4/c10-14-4-5-15(11)9-7-2-1-3-8(7)12-6-13-9/h6,14H,1-5H2. The zero-order chi connectivity index (χ0) is 10.7. The van der Waals surface area contributed by atoms with Crippen LogP contribution in [0.1, 0.15) is 17.7 Å². The first kappa shape index (κ1) is 11.8. The molecule has 0 atom stereocenters. The van der Waals surface area contributed by atoms with E-state index in [0.717, 1.165) is 31.7 Å². The zero-order valence-corrected chi connectivity index (χ0v) is 12.5. The smallest absolute Gasteiger partial charge is 0.144 e. The van der Waals surface area contributed by atoms with E-state index in [1.165, 1.54) is 17.7 Å². The topological polar surface area (TPSA) is 41.0 Å². The fourth-order valence-electron chi connectivity index (χ4n) is 1.80. The first-order valence-electron chi connectivity index (χ1n) is 4.92. The van der Waals surface area contributed by atoms with Crippen molar-refractivity contribution in [1.29, 1.82) is 0 Å². The summed E-state index contributed by atoms with van der Waals surface area (Å²) < 4.78 is 5.29. The van der Waals surface area contributed by atoms with Gasteiger partial charge in [0.1, 0.15) is 12.1 Å². The third-order valence-electron chi connectivity index (χ3n) is 2.48. The fourth-order valence-corrected chi connectivity index (χ4v) is 2.70. The minimum atomic E-state index is 0.961. The lowest BCUT2D eigenvalue weighted by Gasteiger charge is -2.17. The van der Waals surface area contributed by atoms with Crippen LogP contribution < -0.4 is 6.64 Å². The van der Waals surface area contributed by atoms with Gasteiger partial charge in [0.2, 0.25) is 0 Å². The van der Waals surface area contributed by atoms with Gasteiger partial charge in [0.05, 0.1) is 22.9 Å². The first-order chi connectivity index (χ1) is 7.33. The van der Waals surface area contributed by atoms with Gasteiger partial charge in [0.15, 0.2) is 0 Å². The summed E-state index contributed by atoms with van der Waals surface area (Å²) >= 11 is 4.49. The van der Waals surface area contributed by atoms with Crippen LogP contribution in [0.3, 0.4) is 0 Å². The number of nitrogens with one attached hydrogen (secondary N) is 1. The molecule has 0 aliphatic heterocycles. The molecule has 6 heteroatoms. The van der Waals surface area contributed by atoms with Gasteiger partial charge in [0.25, 0.3) is 0 Å². The maximum Gasteiger partial charge on any atom is 0.144 e. The Morgan fingerprint density at radius 1 is 1.40 bits per heavy atom. The molecule has 1 aromatic heterocycles. The molecule has 0 saturated heterocycles. The fraction of sp³-hybridized carbons (Fsp3) is 0.556. The summed E-state index contributed by atoms with van der Waals surface area (Å²) in [5.41, 5.74) is 2.59. The molecule has 0 radical (unpaired) electrons. The minimum absolute atomic E-state index is 0.961. The zero-order valence-electron chi connectivity index (χ0n) is 8.21. The maximum atomic E-state index is 4.38. The van der Waals surface area contributed by atoms with Crippen LogP contribution in [-0.4, -0.2) is 23.1 Å². The van der Waals surface area contributed by atoms with E-state index >= 15 is 0 Å². The van der Waals surface area contributed by atoms with Gasteiger partial charge in [-0.15, -0.1) is 0 Å². The van der Waals surface area contributed by atoms with Crippen molar-refractivity contribution in [2.24, 2.45) is 0 Å². The van der Waals surface area contributed by atoms with E-state index in [9.17, 15) is 0 Å². The van der Waals surface area contributed by atoms with Gasteiger partial charge in [-0.25, -0.2) is 9.97 Å². The van der Waals surface area contributed by atoms with Gasteiger partial charge < -0.3 is 0 Å². The third-order valence-corrected chi connectivity index (χ3v) is 3.96. The van der Waals surface area contributed by atoms with Crippen LogP contribution in [0.15, 0.2) is 6.33 Å². The second kappa shape index (κ2) is 5.58. The lowest BCUT2D eigenvalue weighted by atomic mass is 10.2. The second-order valence-corrected chi connectivity index (χ2v) is 5.37. The lowest BCUT2D eigenvalue weighted by Crippen LogP contribution is -2.21. The molecule has 2 rings (SSSR count). The lowest BCUT2D eigenvalue weighted by molar-refractivity contribution is 0.897. The van der Waals surface area contributed by atoms with E-state index in [4.69, 9.17) is 0 Å². The van der Waals surface area contributed by atoms with E-state index in [1.54, 1.807) is 6.33 Å². The number of fused-ring (bicyclic) bond motifs is 1. The molecular formula is C9H12I2N4. The molecule has 15 heavy (non-hydrogen) atoms. The van der Waals surface area contributed by atoms with Crippen molar-refractivity contribution >= 4 is 51.5 Å². The predicted octanol–water partition coefficient (Wildman–Crippen LogP) is 2.06. The summed E-state index contributed by atoms with van der Waals surface area (Å²) in [5.74, 6) is 1.10. The molecule has 1 aromatic rings. The van der Waals surface area contributed by atoms with Crippen molar-refractivity contribution in [1.82, 2.24) is 13.5 Å². The Morgan fingerprint density at radius 3 is 3.07 bits per heavy atom. The summed E-state index contributed by atoms with van der Waals surface area (Å²) in [6.07, 6.45) is 5.14. The minimum Gasteiger partial charge on any atom is -0.298 e. The van der Waals surface area contributed by atoms with Crippen LogP contribution in [0.4, 0.5) is 5.82 Å². The van der Waals surface area contributed by atoms with E-state index in [2.05, 4.69) is 62.3 Å². The largest absolute Gasteiger partial charge is 0.298 e. The van der Waals surface area contributed by atoms with E-state index < -0.39 is 0 Å². The number of halogens is 2. The Labute approximate surface area is 117 Å². The maximum absolute atomic E-state index is 4.38. The number of hydrogen-bond acceptors (Lipinski definition) is 4. The van der Waals surface area contributed by atoms with E-state index in [1.807, 2.05) is 0 Å². The van der Waals surface area contributed by atoms with Crippen LogP contribution >= 0.6 is 45.7 Å². The van der Waals surface area contributed by atoms with Crippen LogP contribution in [0.2, 0.25) is 0 Å². The van der Waals surface area contributed by atoms with Gasteiger partial charge in [-0.2, -0.15) is 0 Å². The van der Waals surface area contributed by atoms with E-state index in [-0.39, 0.29) is 0 Å². The number of hydrogen-bond donors (Lipinski definition) is 1. The summed E-state index contributed by atoms with van der Waals surface area (Å²) in [6, 6.07) is 0. The van der Waals surface area contributed by atoms with Crippen molar-refractivity contribution in [3.63, 3.8) is 0 Å². The first-order valence-corrected chi connectivity index (χ1v) is 6.97. The van der Waals surface area contributed by atoms with Gasteiger partial charge in [0, 0.05) is 47.2 Å². The average Bonchev–Trinajstić information content (AvgIpc) is 2.73. The number of anilines is 1. The van der Waals surface area contributed by atoms with Crippen LogP contribution in [0.25, 0.3) is 0 Å². The number of aryl methyl sites for hydroxylation is 1. The number of nitrogens with zero attached hydrogens (tertiary/aromatic N) is 3. The highest BCUT2D eigenvalue weighted by Gasteiger charge is 2.19. The number of aromatic nitrogens is 2. The Bertz CT molecular complexity index is 345. The summed E-state index contributed by atoms with van der Waals surface area (Å²) in [4.78, 5) is 8.70. The molecule has 0 amide bonds. The van der Waals surface area contributed by atoms with Gasteiger partial charge in [-0.05, 0) is 19.3 Å². The molecule has 1 heterocycles. The molecule has 0 saturated carbocycles. The molecule has 0 unspecified atom stereocenters. The van der Waals surface area contributed by atoms with Crippen LogP contribution in [0, 0.1) is 0 Å². The molecule has 82 valence electrons. The Kier molecular flexibility index (Phi) is 4.38. The Morgan fingerprint density at radius 2 is 2.27 bits per heavy atom. The predicted molar refractivity (Wildman–Crippen MR) is 77.4 cm³/mol. The van der Waals surface area contributed by atoms with Gasteiger partial charge in [-0.3, -0.25) is 6.64 Å². The molecule has 0 spiro atoms. The van der Waals surface area contributed by atoms with Crippen molar-refractivity contribution in [2.75, 3.05) is 16.2 Å². The van der Waals surface area contributed by atoms with Crippen molar-refractivity contribution in [3.8, 4) is 0 Å². The molecule has 0 bridgehead atoms. The van der Waals surface area contributed by atoms with Crippen LogP contribution in [0.5, 0.6) is 0 Å². The summed E-state index contributed by atoms with van der Waals surface area (Å²) in [7, 11) is 0. The Hall–Kier alpha value is 0.300. The molecule has 4 nitrogen and oxygen atoms in total. The van der Waals surface area contributed by atoms with Crippen molar-refractivity contribution < 1.29 is 0 Å². The van der Waals surface area contributed by atoms with Crippen LogP contribution in [-0.2, 0) is 12.8 Å². The highest BCUT2D eigenvalue weighted by molar-refractivity contribution is 14.1. The molecule has 1 aliphatic carbocycles. The molecule has 0 fully saturated rings. The molecular weight excluding hydrogens is 418 g/mol. The monoisotopic (exact) mass is 430 g/mol. The number of rotatable bonds is 4. The molecule has 0 aromatic carbocycles. The highest BCUT2D eigenvalue weighted by atomic mass is 127. The SMILES string of the molecule is INCCN(I)c1ncnc2c1CCC2. The van der Waals surface area contributed by atoms with Gasteiger partial charge in [-0.1, -0.05) is 0 Å². The summed E-state index contributed by atoms with van der Waals surface area (Å²) in [6.45, 7) is 1.93. The summed E-state index contributed by atoms with van der Waals surface area (Å²) in [5, 5.41) is 0. The third kappa shape index (κ3) is 2.70. The molecule has 1 N–H and O–H groups in total.